The standard InChI is InChI=1S/C14H19N3O3S/c15-10-1-2-12-11(7-10)13(8-16-12)21(19,20)17-9-14(3-4-14)5-6-18/h1-2,7-8,16-18H,3-6,9,15H2. The molecular weight excluding hydrogens is 290 g/mol. The molecule has 1 aliphatic carbocycles. The Balaban J connectivity index is 1.85. The van der Waals surface area contributed by atoms with Crippen molar-refractivity contribution in [3.05, 3.63) is 24.4 Å². The van der Waals surface area contributed by atoms with E-state index in [1.807, 2.05) is 0 Å². The first kappa shape index (κ1) is 14.4. The lowest BCUT2D eigenvalue weighted by atomic mass is 10.0. The van der Waals surface area contributed by atoms with E-state index in [1.54, 1.807) is 18.2 Å². The molecule has 3 rings (SSSR count). The van der Waals surface area contributed by atoms with Crippen molar-refractivity contribution in [2.45, 2.75) is 24.2 Å². The van der Waals surface area contributed by atoms with E-state index in [1.165, 1.54) is 6.20 Å². The summed E-state index contributed by atoms with van der Waals surface area (Å²) in [6.07, 6.45) is 4.03. The molecule has 0 spiro atoms. The number of anilines is 1. The third kappa shape index (κ3) is 2.76. The van der Waals surface area contributed by atoms with Crippen molar-refractivity contribution in [3.63, 3.8) is 0 Å². The Hall–Kier alpha value is -1.57. The highest BCUT2D eigenvalue weighted by Gasteiger charge is 2.42. The second-order valence-corrected chi connectivity index (χ2v) is 7.49. The highest BCUT2D eigenvalue weighted by molar-refractivity contribution is 7.89. The maximum atomic E-state index is 12.5. The fourth-order valence-corrected chi connectivity index (χ4v) is 3.91. The van der Waals surface area contributed by atoms with Crippen LogP contribution in [0.4, 0.5) is 5.69 Å². The topological polar surface area (TPSA) is 108 Å². The Morgan fingerprint density at radius 1 is 1.38 bits per heavy atom. The maximum Gasteiger partial charge on any atom is 0.242 e. The van der Waals surface area contributed by atoms with Gasteiger partial charge in [-0.15, -0.1) is 0 Å². The Morgan fingerprint density at radius 2 is 2.14 bits per heavy atom. The molecule has 0 atom stereocenters. The number of rotatable bonds is 6. The SMILES string of the molecule is Nc1ccc2[nH]cc(S(=O)(=O)NCC3(CCO)CC3)c2c1. The number of nitrogens with two attached hydrogens (primary N) is 1. The molecule has 1 aliphatic rings. The van der Waals surface area contributed by atoms with Crippen LogP contribution in [0.15, 0.2) is 29.3 Å². The normalized spacial score (nSPS) is 17.2. The number of hydrogen-bond donors (Lipinski definition) is 4. The molecular formula is C14H19N3O3S. The van der Waals surface area contributed by atoms with Gasteiger partial charge in [-0.2, -0.15) is 0 Å². The van der Waals surface area contributed by atoms with E-state index in [0.29, 0.717) is 24.0 Å². The van der Waals surface area contributed by atoms with Gasteiger partial charge in [0.1, 0.15) is 4.90 Å². The largest absolute Gasteiger partial charge is 0.399 e. The van der Waals surface area contributed by atoms with Crippen LogP contribution in [0, 0.1) is 5.41 Å². The number of aliphatic hydroxyl groups excluding tert-OH is 1. The first-order chi connectivity index (χ1) is 9.96. The van der Waals surface area contributed by atoms with Gasteiger partial charge in [0.15, 0.2) is 0 Å². The minimum absolute atomic E-state index is 0.0625. The van der Waals surface area contributed by atoms with E-state index in [2.05, 4.69) is 9.71 Å². The first-order valence-electron chi connectivity index (χ1n) is 6.93. The number of nitrogen functional groups attached to an aromatic ring is 1. The molecule has 0 aliphatic heterocycles. The zero-order chi connectivity index (χ0) is 15.1. The lowest BCUT2D eigenvalue weighted by Gasteiger charge is -2.14. The van der Waals surface area contributed by atoms with Crippen LogP contribution in [0.2, 0.25) is 0 Å². The third-order valence-electron chi connectivity index (χ3n) is 4.19. The zero-order valence-electron chi connectivity index (χ0n) is 11.6. The number of fused-ring (bicyclic) bond motifs is 1. The van der Waals surface area contributed by atoms with Crippen LogP contribution in [-0.2, 0) is 10.0 Å². The van der Waals surface area contributed by atoms with E-state index in [4.69, 9.17) is 10.8 Å². The lowest BCUT2D eigenvalue weighted by molar-refractivity contribution is 0.249. The monoisotopic (exact) mass is 309 g/mol. The molecule has 5 N–H and O–H groups in total. The van der Waals surface area contributed by atoms with Crippen LogP contribution in [0.5, 0.6) is 0 Å². The number of aliphatic hydroxyl groups is 1. The van der Waals surface area contributed by atoms with Crippen LogP contribution in [0.3, 0.4) is 0 Å². The number of aromatic nitrogens is 1. The molecule has 0 unspecified atom stereocenters. The molecule has 1 aromatic carbocycles. The summed E-state index contributed by atoms with van der Waals surface area (Å²) in [6, 6.07) is 5.14. The van der Waals surface area contributed by atoms with Crippen LogP contribution >= 0.6 is 0 Å². The summed E-state index contributed by atoms with van der Waals surface area (Å²) in [5.74, 6) is 0. The summed E-state index contributed by atoms with van der Waals surface area (Å²) >= 11 is 0. The number of nitrogens with one attached hydrogen (secondary N) is 2. The van der Waals surface area contributed by atoms with E-state index in [9.17, 15) is 8.42 Å². The highest BCUT2D eigenvalue weighted by Crippen LogP contribution is 2.48. The van der Waals surface area contributed by atoms with Crippen molar-refractivity contribution >= 4 is 26.6 Å². The predicted octanol–water partition coefficient (Wildman–Crippen LogP) is 1.19. The first-order valence-corrected chi connectivity index (χ1v) is 8.41. The molecule has 0 radical (unpaired) electrons. The van der Waals surface area contributed by atoms with Gasteiger partial charge in [-0.1, -0.05) is 0 Å². The van der Waals surface area contributed by atoms with Crippen LogP contribution in [-0.4, -0.2) is 31.7 Å². The Morgan fingerprint density at radius 3 is 2.81 bits per heavy atom. The number of H-pyrrole nitrogens is 1. The Bertz CT molecular complexity index is 763. The maximum absolute atomic E-state index is 12.5. The summed E-state index contributed by atoms with van der Waals surface area (Å²) in [5, 5.41) is 9.62. The third-order valence-corrected chi connectivity index (χ3v) is 5.63. The number of hydrogen-bond acceptors (Lipinski definition) is 4. The summed E-state index contributed by atoms with van der Waals surface area (Å²) in [5.41, 5.74) is 6.93. The average Bonchev–Trinajstić information content (AvgIpc) is 3.07. The van der Waals surface area contributed by atoms with E-state index in [0.717, 1.165) is 18.4 Å². The fourth-order valence-electron chi connectivity index (χ4n) is 2.59. The summed E-state index contributed by atoms with van der Waals surface area (Å²) in [7, 11) is -3.59. The molecule has 1 aromatic heterocycles. The summed E-state index contributed by atoms with van der Waals surface area (Å²) < 4.78 is 27.6. The molecule has 0 amide bonds. The van der Waals surface area contributed by atoms with Gasteiger partial charge in [-0.05, 0) is 42.9 Å². The van der Waals surface area contributed by atoms with Gasteiger partial charge < -0.3 is 15.8 Å². The molecule has 0 saturated heterocycles. The molecule has 2 aromatic rings. The van der Waals surface area contributed by atoms with Crippen molar-refractivity contribution in [3.8, 4) is 0 Å². The minimum Gasteiger partial charge on any atom is -0.399 e. The van der Waals surface area contributed by atoms with E-state index in [-0.39, 0.29) is 16.9 Å². The number of benzene rings is 1. The van der Waals surface area contributed by atoms with Gasteiger partial charge in [0, 0.05) is 35.9 Å². The molecule has 114 valence electrons. The van der Waals surface area contributed by atoms with E-state index < -0.39 is 10.0 Å². The van der Waals surface area contributed by atoms with Crippen molar-refractivity contribution in [2.75, 3.05) is 18.9 Å². The molecule has 7 heteroatoms. The van der Waals surface area contributed by atoms with Gasteiger partial charge in [-0.3, -0.25) is 0 Å². The smallest absolute Gasteiger partial charge is 0.242 e. The van der Waals surface area contributed by atoms with Gasteiger partial charge >= 0.3 is 0 Å². The predicted molar refractivity (Wildman–Crippen MR) is 81.3 cm³/mol. The van der Waals surface area contributed by atoms with Crippen molar-refractivity contribution in [1.82, 2.24) is 9.71 Å². The fraction of sp³-hybridized carbons (Fsp3) is 0.429. The van der Waals surface area contributed by atoms with Gasteiger partial charge in [0.05, 0.1) is 0 Å². The molecule has 1 saturated carbocycles. The average molecular weight is 309 g/mol. The van der Waals surface area contributed by atoms with Crippen molar-refractivity contribution < 1.29 is 13.5 Å². The van der Waals surface area contributed by atoms with Crippen LogP contribution in [0.25, 0.3) is 10.9 Å². The van der Waals surface area contributed by atoms with Crippen LogP contribution < -0.4 is 10.5 Å². The van der Waals surface area contributed by atoms with Crippen molar-refractivity contribution in [1.29, 1.82) is 0 Å². The number of sulfonamides is 1. The molecule has 1 heterocycles. The molecule has 6 nitrogen and oxygen atoms in total. The lowest BCUT2D eigenvalue weighted by Crippen LogP contribution is -2.30. The molecule has 21 heavy (non-hydrogen) atoms. The Kier molecular flexibility index (Phi) is 3.43. The number of aromatic amines is 1. The minimum atomic E-state index is -3.59. The molecule has 0 bridgehead atoms. The second-order valence-electron chi connectivity index (χ2n) is 5.76. The quantitative estimate of drug-likeness (QED) is 0.601. The Labute approximate surface area is 123 Å². The highest BCUT2D eigenvalue weighted by atomic mass is 32.2. The van der Waals surface area contributed by atoms with E-state index >= 15 is 0 Å². The molecule has 1 fully saturated rings. The zero-order valence-corrected chi connectivity index (χ0v) is 12.4. The van der Waals surface area contributed by atoms with Gasteiger partial charge in [0.2, 0.25) is 10.0 Å². The van der Waals surface area contributed by atoms with Gasteiger partial charge in [-0.25, -0.2) is 13.1 Å². The van der Waals surface area contributed by atoms with Gasteiger partial charge in [0.25, 0.3) is 0 Å². The summed E-state index contributed by atoms with van der Waals surface area (Å²) in [6.45, 7) is 0.455. The second kappa shape index (κ2) is 5.01. The van der Waals surface area contributed by atoms with Crippen LogP contribution in [0.1, 0.15) is 19.3 Å². The summed E-state index contributed by atoms with van der Waals surface area (Å²) in [4.78, 5) is 3.16. The van der Waals surface area contributed by atoms with Crippen molar-refractivity contribution in [2.24, 2.45) is 5.41 Å².